The Morgan fingerprint density at radius 3 is 2.29 bits per heavy atom. The van der Waals surface area contributed by atoms with Crippen LogP contribution >= 0.6 is 0 Å². The highest BCUT2D eigenvalue weighted by Gasteiger charge is 2.76. The Labute approximate surface area is 246 Å². The van der Waals surface area contributed by atoms with Gasteiger partial charge in [0.05, 0.1) is 11.5 Å². The van der Waals surface area contributed by atoms with Gasteiger partial charge < -0.3 is 10.2 Å². The number of carbonyl (C=O) groups is 5. The van der Waals surface area contributed by atoms with E-state index < -0.39 is 63.1 Å². The number of aliphatic hydroxyl groups is 1. The lowest BCUT2D eigenvalue weighted by Gasteiger charge is -2.61. The van der Waals surface area contributed by atoms with Crippen LogP contribution in [0, 0.1) is 34.5 Å². The minimum Gasteiger partial charge on any atom is -0.507 e. The average molecular weight is 573 g/mol. The molecular weight excluding hydrogens is 532 g/mol. The number of aryl methyl sites for hydroxylation is 3. The molecular formula is C35H40O7. The molecule has 2 aromatic rings. The van der Waals surface area contributed by atoms with E-state index in [1.165, 1.54) is 11.6 Å². The molecule has 6 atom stereocenters. The number of hydrogen-bond acceptors (Lipinski definition) is 7. The lowest BCUT2D eigenvalue weighted by Crippen LogP contribution is -2.76. The molecule has 2 aromatic carbocycles. The van der Waals surface area contributed by atoms with Crippen LogP contribution in [0.5, 0.6) is 5.75 Å². The Hall–Kier alpha value is -3.45. The van der Waals surface area contributed by atoms with Crippen molar-refractivity contribution in [1.29, 1.82) is 0 Å². The first-order valence-electron chi connectivity index (χ1n) is 14.9. The van der Waals surface area contributed by atoms with E-state index in [1.807, 2.05) is 19.1 Å². The van der Waals surface area contributed by atoms with Gasteiger partial charge in [-0.15, -0.1) is 0 Å². The Bertz CT molecular complexity index is 1540. The molecule has 0 amide bonds. The fraction of sp³-hybridized carbons (Fsp3) is 0.514. The molecule has 2 N–H and O–H groups in total. The molecule has 0 saturated heterocycles. The Morgan fingerprint density at radius 2 is 1.67 bits per heavy atom. The third-order valence-corrected chi connectivity index (χ3v) is 10.4. The van der Waals surface area contributed by atoms with Gasteiger partial charge >= 0.3 is 0 Å². The number of hydrogen-bond donors (Lipinski definition) is 2. The lowest BCUT2D eigenvalue weighted by molar-refractivity contribution is -0.205. The molecule has 2 saturated carbocycles. The van der Waals surface area contributed by atoms with Gasteiger partial charge in [-0.05, 0) is 78.7 Å². The molecule has 0 spiro atoms. The standard InChI is InChI=1S/C35H40O7/c1-7-20-9-8-10-21(15-20)11-12-22-13-14-24(37)26-23(22)16-33(5)17-34(6)27(18(2)3)29(38)25(19(4)36)31(40)35(34,42)32(41)28(33)30(26)39/h8-10,13-15,18,25,27-28,37,42H,7,11-12,16-17H2,1-6H3/t25?,27?,28?,33-,34-,35+/m1/s1. The minimum atomic E-state index is -2.68. The first-order valence-corrected chi connectivity index (χ1v) is 14.9. The van der Waals surface area contributed by atoms with Gasteiger partial charge in [-0.25, -0.2) is 0 Å². The molecule has 2 fully saturated rings. The quantitative estimate of drug-likeness (QED) is 0.490. The summed E-state index contributed by atoms with van der Waals surface area (Å²) in [7, 11) is 0. The summed E-state index contributed by atoms with van der Waals surface area (Å²) in [5, 5.41) is 23.0. The number of Topliss-reactive ketones (excluding diaryl/α,β-unsaturated/α-hetero) is 5. The normalized spacial score (nSPS) is 32.4. The van der Waals surface area contributed by atoms with Crippen molar-refractivity contribution in [3.05, 3.63) is 64.2 Å². The summed E-state index contributed by atoms with van der Waals surface area (Å²) >= 11 is 0. The maximum absolute atomic E-state index is 14.4. The smallest absolute Gasteiger partial charge is 0.190 e. The lowest BCUT2D eigenvalue weighted by atomic mass is 9.40. The zero-order valence-corrected chi connectivity index (χ0v) is 25.2. The molecule has 0 bridgehead atoms. The van der Waals surface area contributed by atoms with Crippen LogP contribution in [0.3, 0.4) is 0 Å². The molecule has 5 rings (SSSR count). The van der Waals surface area contributed by atoms with Crippen LogP contribution < -0.4 is 0 Å². The van der Waals surface area contributed by atoms with Gasteiger partial charge in [0.15, 0.2) is 28.7 Å². The molecule has 7 heteroatoms. The number of benzene rings is 2. The van der Waals surface area contributed by atoms with E-state index in [0.717, 1.165) is 30.9 Å². The van der Waals surface area contributed by atoms with Gasteiger partial charge in [0, 0.05) is 11.3 Å². The van der Waals surface area contributed by atoms with Crippen molar-refractivity contribution < 1.29 is 34.2 Å². The number of carbonyl (C=O) groups excluding carboxylic acids is 5. The largest absolute Gasteiger partial charge is 0.507 e. The van der Waals surface area contributed by atoms with E-state index >= 15 is 0 Å². The predicted octanol–water partition coefficient (Wildman–Crippen LogP) is 4.44. The number of phenolic OH excluding ortho intramolecular Hbond substituents is 1. The zero-order chi connectivity index (χ0) is 30.9. The first kappa shape index (κ1) is 30.0. The monoisotopic (exact) mass is 572 g/mol. The highest BCUT2D eigenvalue weighted by Crippen LogP contribution is 2.63. The van der Waals surface area contributed by atoms with Gasteiger partial charge in [-0.2, -0.15) is 0 Å². The second-order valence-electron chi connectivity index (χ2n) is 13.6. The van der Waals surface area contributed by atoms with Crippen molar-refractivity contribution in [1.82, 2.24) is 0 Å². The van der Waals surface area contributed by atoms with Crippen LogP contribution in [0.1, 0.15) is 80.6 Å². The van der Waals surface area contributed by atoms with E-state index in [0.29, 0.717) is 12.0 Å². The highest BCUT2D eigenvalue weighted by molar-refractivity contribution is 6.32. The maximum Gasteiger partial charge on any atom is 0.190 e. The van der Waals surface area contributed by atoms with Crippen molar-refractivity contribution in [2.24, 2.45) is 34.5 Å². The van der Waals surface area contributed by atoms with Crippen LogP contribution in [0.2, 0.25) is 0 Å². The first-order chi connectivity index (χ1) is 19.6. The molecule has 3 aliphatic rings. The van der Waals surface area contributed by atoms with E-state index in [2.05, 4.69) is 25.1 Å². The SMILES string of the molecule is CCc1cccc(CCc2ccc(O)c3c2C[C@]2(C)C[C@]4(C)C(C(C)C)C(=O)C(C(C)=O)C(=O)[C@]4(O)C(=O)C2C3=O)c1. The number of ketones is 5. The van der Waals surface area contributed by atoms with Crippen molar-refractivity contribution in [2.75, 3.05) is 0 Å². The molecule has 7 nitrogen and oxygen atoms in total. The molecule has 0 aromatic heterocycles. The van der Waals surface area contributed by atoms with Crippen LogP contribution in [0.25, 0.3) is 0 Å². The van der Waals surface area contributed by atoms with Gasteiger partial charge in [0.25, 0.3) is 0 Å². The number of aromatic hydroxyl groups is 1. The maximum atomic E-state index is 14.4. The third kappa shape index (κ3) is 4.07. The van der Waals surface area contributed by atoms with Crippen LogP contribution in [0.4, 0.5) is 0 Å². The van der Waals surface area contributed by atoms with Gasteiger partial charge in [0.2, 0.25) is 0 Å². The fourth-order valence-electron chi connectivity index (χ4n) is 8.72. The second-order valence-corrected chi connectivity index (χ2v) is 13.6. The number of rotatable bonds is 6. The highest BCUT2D eigenvalue weighted by atomic mass is 16.3. The van der Waals surface area contributed by atoms with Crippen LogP contribution in [0.15, 0.2) is 36.4 Å². The molecule has 0 radical (unpaired) electrons. The molecule has 0 aliphatic heterocycles. The molecule has 222 valence electrons. The summed E-state index contributed by atoms with van der Waals surface area (Å²) in [5.41, 5.74) is -1.21. The van der Waals surface area contributed by atoms with E-state index in [9.17, 15) is 34.2 Å². The third-order valence-electron chi connectivity index (χ3n) is 10.4. The molecule has 3 unspecified atom stereocenters. The summed E-state index contributed by atoms with van der Waals surface area (Å²) in [4.78, 5) is 68.5. The number of phenols is 1. The second kappa shape index (κ2) is 10.1. The van der Waals surface area contributed by atoms with E-state index in [4.69, 9.17) is 0 Å². The van der Waals surface area contributed by atoms with Gasteiger partial charge in [-0.3, -0.25) is 24.0 Å². The van der Waals surface area contributed by atoms with Crippen molar-refractivity contribution in [3.63, 3.8) is 0 Å². The van der Waals surface area contributed by atoms with Crippen molar-refractivity contribution in [2.45, 2.75) is 79.2 Å². The minimum absolute atomic E-state index is 0.0523. The average Bonchev–Trinajstić information content (AvgIpc) is 2.90. The summed E-state index contributed by atoms with van der Waals surface area (Å²) in [6.07, 6.45) is 2.58. The van der Waals surface area contributed by atoms with Crippen molar-refractivity contribution in [3.8, 4) is 5.75 Å². The summed E-state index contributed by atoms with van der Waals surface area (Å²) < 4.78 is 0. The van der Waals surface area contributed by atoms with E-state index in [1.54, 1.807) is 20.8 Å². The van der Waals surface area contributed by atoms with Crippen molar-refractivity contribution >= 4 is 28.9 Å². The summed E-state index contributed by atoms with van der Waals surface area (Å²) in [6.45, 7) is 10.2. The summed E-state index contributed by atoms with van der Waals surface area (Å²) in [5.74, 6) is -8.72. The number of fused-ring (bicyclic) bond motifs is 3. The predicted molar refractivity (Wildman–Crippen MR) is 156 cm³/mol. The zero-order valence-electron chi connectivity index (χ0n) is 25.2. The molecule has 42 heavy (non-hydrogen) atoms. The Morgan fingerprint density at radius 1 is 1.00 bits per heavy atom. The van der Waals surface area contributed by atoms with Gasteiger partial charge in [0.1, 0.15) is 17.5 Å². The topological polar surface area (TPSA) is 126 Å². The molecule has 3 aliphatic carbocycles. The Kier molecular flexibility index (Phi) is 7.20. The van der Waals surface area contributed by atoms with Gasteiger partial charge in [-0.1, -0.05) is 65.0 Å². The molecule has 0 heterocycles. The fourth-order valence-corrected chi connectivity index (χ4v) is 8.72. The Balaban J connectivity index is 1.62. The van der Waals surface area contributed by atoms with Crippen LogP contribution in [-0.2, 0) is 44.9 Å². The summed E-state index contributed by atoms with van der Waals surface area (Å²) in [6, 6.07) is 11.6. The van der Waals surface area contributed by atoms with E-state index in [-0.39, 0.29) is 30.1 Å². The van der Waals surface area contributed by atoms with Crippen LogP contribution in [-0.4, -0.2) is 44.7 Å².